The average molecular weight is 462 g/mol. The zero-order valence-corrected chi connectivity index (χ0v) is 18.1. The quantitative estimate of drug-likeness (QED) is 0.482. The number of hydrogen-bond donors (Lipinski definition) is 1. The second kappa shape index (κ2) is 9.88. The summed E-state index contributed by atoms with van der Waals surface area (Å²) in [6.45, 7) is 0.737. The van der Waals surface area contributed by atoms with E-state index < -0.39 is 40.5 Å². The lowest BCUT2D eigenvalue weighted by molar-refractivity contribution is -0.153. The fourth-order valence-corrected chi connectivity index (χ4v) is 4.94. The largest absolute Gasteiger partial charge is 0.459 e. The van der Waals surface area contributed by atoms with Crippen LogP contribution in [0.3, 0.4) is 0 Å². The van der Waals surface area contributed by atoms with Crippen LogP contribution in [-0.4, -0.2) is 55.5 Å². The molecule has 1 aromatic heterocycles. The number of benzene rings is 1. The Bertz CT molecular complexity index is 1110. The maximum absolute atomic E-state index is 13.1. The smallest absolute Gasteiger partial charge is 0.324 e. The molecule has 1 aliphatic rings. The van der Waals surface area contributed by atoms with Gasteiger partial charge in [-0.2, -0.15) is 4.31 Å². The number of ketones is 1. The zero-order chi connectivity index (χ0) is 23.3. The molecule has 1 fully saturated rings. The molecule has 11 heteroatoms. The summed E-state index contributed by atoms with van der Waals surface area (Å²) in [4.78, 5) is 47.7. The van der Waals surface area contributed by atoms with E-state index in [1.807, 2.05) is 5.32 Å². The fraction of sp³-hybridized carbons (Fsp3) is 0.333. The minimum atomic E-state index is -4.03. The van der Waals surface area contributed by atoms with Crippen LogP contribution in [0, 0.1) is 0 Å². The van der Waals surface area contributed by atoms with Crippen LogP contribution in [0.5, 0.6) is 0 Å². The molecule has 2 aromatic rings. The van der Waals surface area contributed by atoms with Crippen LogP contribution in [-0.2, 0) is 24.3 Å². The molecule has 0 bridgehead atoms. The number of Topliss-reactive ketones (excluding diaryl/α,β-unsaturated/α-hetero) is 1. The van der Waals surface area contributed by atoms with Gasteiger partial charge in [-0.1, -0.05) is 12.1 Å². The lowest BCUT2D eigenvalue weighted by Gasteiger charge is -2.32. The average Bonchev–Trinajstić information content (AvgIpc) is 3.32. The third kappa shape index (κ3) is 5.29. The molecular formula is C21H22N2O8S. The van der Waals surface area contributed by atoms with Gasteiger partial charge in [0.2, 0.25) is 10.0 Å². The van der Waals surface area contributed by atoms with E-state index in [1.54, 1.807) is 0 Å². The first-order valence-corrected chi connectivity index (χ1v) is 11.3. The number of nitrogens with one attached hydrogen (secondary N) is 1. The molecule has 32 heavy (non-hydrogen) atoms. The van der Waals surface area contributed by atoms with Gasteiger partial charge in [0.05, 0.1) is 11.2 Å². The summed E-state index contributed by atoms with van der Waals surface area (Å²) < 4.78 is 37.1. The Morgan fingerprint density at radius 3 is 2.47 bits per heavy atom. The van der Waals surface area contributed by atoms with Crippen LogP contribution in [0.2, 0.25) is 0 Å². The molecule has 2 amide bonds. The van der Waals surface area contributed by atoms with Crippen molar-refractivity contribution >= 4 is 33.6 Å². The molecule has 0 radical (unpaired) electrons. The molecule has 1 aromatic carbocycles. The van der Waals surface area contributed by atoms with Crippen molar-refractivity contribution < 1.29 is 36.7 Å². The number of imide groups is 1. The van der Waals surface area contributed by atoms with Gasteiger partial charge in [0.15, 0.2) is 18.2 Å². The minimum Gasteiger partial charge on any atom is -0.459 e. The normalized spacial score (nSPS) is 16.8. The zero-order valence-electron chi connectivity index (χ0n) is 17.3. The minimum absolute atomic E-state index is 0.0519. The van der Waals surface area contributed by atoms with Crippen molar-refractivity contribution in [3.63, 3.8) is 0 Å². The maximum Gasteiger partial charge on any atom is 0.324 e. The van der Waals surface area contributed by atoms with Crippen molar-refractivity contribution in [2.24, 2.45) is 0 Å². The SMILES string of the molecule is CC(=O)c1ccc(S(=O)(=O)N2CCCCC2C(=O)OCC(=O)NC(=O)c2ccco2)cc1. The van der Waals surface area contributed by atoms with Crippen molar-refractivity contribution in [1.82, 2.24) is 9.62 Å². The first-order chi connectivity index (χ1) is 15.2. The van der Waals surface area contributed by atoms with Crippen molar-refractivity contribution in [3.8, 4) is 0 Å². The van der Waals surface area contributed by atoms with Crippen LogP contribution >= 0.6 is 0 Å². The van der Waals surface area contributed by atoms with Gasteiger partial charge in [-0.15, -0.1) is 0 Å². The highest BCUT2D eigenvalue weighted by atomic mass is 32.2. The number of nitrogens with zero attached hydrogens (tertiary/aromatic N) is 1. The number of carbonyl (C=O) groups excluding carboxylic acids is 4. The van der Waals surface area contributed by atoms with E-state index >= 15 is 0 Å². The molecule has 1 unspecified atom stereocenters. The molecule has 2 heterocycles. The van der Waals surface area contributed by atoms with Crippen molar-refractivity contribution in [3.05, 3.63) is 54.0 Å². The number of hydrogen-bond acceptors (Lipinski definition) is 8. The van der Waals surface area contributed by atoms with Crippen LogP contribution in [0.1, 0.15) is 47.1 Å². The molecule has 3 rings (SSSR count). The fourth-order valence-electron chi connectivity index (χ4n) is 3.29. The third-order valence-corrected chi connectivity index (χ3v) is 6.86. The third-order valence-electron chi connectivity index (χ3n) is 4.94. The lowest BCUT2D eigenvalue weighted by atomic mass is 10.1. The van der Waals surface area contributed by atoms with Crippen LogP contribution < -0.4 is 5.32 Å². The van der Waals surface area contributed by atoms with E-state index in [0.29, 0.717) is 18.4 Å². The van der Waals surface area contributed by atoms with Crippen molar-refractivity contribution in [2.75, 3.05) is 13.2 Å². The highest BCUT2D eigenvalue weighted by Gasteiger charge is 2.38. The monoisotopic (exact) mass is 462 g/mol. The number of sulfonamides is 1. The molecule has 1 saturated heterocycles. The number of carbonyl (C=O) groups is 4. The highest BCUT2D eigenvalue weighted by Crippen LogP contribution is 2.26. The standard InChI is InChI=1S/C21H22N2O8S/c1-14(24)15-7-9-16(10-8-15)32(28,29)23-11-3-2-5-17(23)21(27)31-13-19(25)22-20(26)18-6-4-12-30-18/h4,6-10,12,17H,2-3,5,11,13H2,1H3,(H,22,25,26). The summed E-state index contributed by atoms with van der Waals surface area (Å²) in [7, 11) is -4.03. The number of ether oxygens (including phenoxy) is 1. The van der Waals surface area contributed by atoms with E-state index in [4.69, 9.17) is 9.15 Å². The van der Waals surface area contributed by atoms with E-state index in [0.717, 1.165) is 4.31 Å². The van der Waals surface area contributed by atoms with E-state index in [2.05, 4.69) is 0 Å². The first kappa shape index (κ1) is 23.4. The number of amides is 2. The Labute approximate surface area is 184 Å². The number of furan rings is 1. The Hall–Kier alpha value is -3.31. The van der Waals surface area contributed by atoms with Crippen molar-refractivity contribution in [2.45, 2.75) is 37.1 Å². The van der Waals surface area contributed by atoms with Gasteiger partial charge >= 0.3 is 5.97 Å². The molecule has 1 N–H and O–H groups in total. The second-order valence-corrected chi connectivity index (χ2v) is 9.06. The highest BCUT2D eigenvalue weighted by molar-refractivity contribution is 7.89. The van der Waals surface area contributed by atoms with E-state index in [-0.39, 0.29) is 29.4 Å². The first-order valence-electron chi connectivity index (χ1n) is 9.87. The van der Waals surface area contributed by atoms with Gasteiger partial charge in [0.1, 0.15) is 6.04 Å². The van der Waals surface area contributed by atoms with Crippen LogP contribution in [0.25, 0.3) is 0 Å². The van der Waals surface area contributed by atoms with Crippen LogP contribution in [0.15, 0.2) is 52.0 Å². The maximum atomic E-state index is 13.1. The molecule has 0 aliphatic carbocycles. The summed E-state index contributed by atoms with van der Waals surface area (Å²) in [5.41, 5.74) is 0.369. The van der Waals surface area contributed by atoms with Gasteiger partial charge in [-0.05, 0) is 50.5 Å². The Morgan fingerprint density at radius 2 is 1.84 bits per heavy atom. The van der Waals surface area contributed by atoms with E-state index in [1.165, 1.54) is 49.6 Å². The van der Waals surface area contributed by atoms with Gasteiger partial charge in [-0.3, -0.25) is 24.5 Å². The van der Waals surface area contributed by atoms with Crippen LogP contribution in [0.4, 0.5) is 0 Å². The number of rotatable bonds is 7. The molecule has 1 aliphatic heterocycles. The summed E-state index contributed by atoms with van der Waals surface area (Å²) in [6, 6.07) is 7.19. The van der Waals surface area contributed by atoms with Gasteiger partial charge in [-0.25, -0.2) is 8.42 Å². The summed E-state index contributed by atoms with van der Waals surface area (Å²) >= 11 is 0. The molecule has 10 nitrogen and oxygen atoms in total. The molecule has 0 saturated carbocycles. The topological polar surface area (TPSA) is 140 Å². The van der Waals surface area contributed by atoms with Gasteiger partial charge in [0, 0.05) is 12.1 Å². The lowest BCUT2D eigenvalue weighted by Crippen LogP contribution is -2.49. The molecule has 0 spiro atoms. The Morgan fingerprint density at radius 1 is 1.12 bits per heavy atom. The molecule has 170 valence electrons. The van der Waals surface area contributed by atoms with Crippen molar-refractivity contribution in [1.29, 1.82) is 0 Å². The number of esters is 1. The predicted molar refractivity (Wildman–Crippen MR) is 110 cm³/mol. The molecule has 1 atom stereocenters. The summed E-state index contributed by atoms with van der Waals surface area (Å²) in [5.74, 6) is -2.81. The van der Waals surface area contributed by atoms with Gasteiger partial charge < -0.3 is 9.15 Å². The molecular weight excluding hydrogens is 440 g/mol. The predicted octanol–water partition coefficient (Wildman–Crippen LogP) is 1.53. The Kier molecular flexibility index (Phi) is 7.21. The van der Waals surface area contributed by atoms with Gasteiger partial charge in [0.25, 0.3) is 11.8 Å². The second-order valence-electron chi connectivity index (χ2n) is 7.17. The summed E-state index contributed by atoms with van der Waals surface area (Å²) in [6.07, 6.45) is 2.67. The number of piperidine rings is 1. The van der Waals surface area contributed by atoms with E-state index in [9.17, 15) is 27.6 Å². The summed E-state index contributed by atoms with van der Waals surface area (Å²) in [5, 5.41) is 2.01. The Balaban J connectivity index is 1.66.